The highest BCUT2D eigenvalue weighted by Crippen LogP contribution is 2.37. The molecule has 3 rings (SSSR count). The van der Waals surface area contributed by atoms with Gasteiger partial charge in [-0.2, -0.15) is 0 Å². The van der Waals surface area contributed by atoms with Gasteiger partial charge in [0.2, 0.25) is 10.0 Å². The van der Waals surface area contributed by atoms with E-state index in [2.05, 4.69) is 5.32 Å². The summed E-state index contributed by atoms with van der Waals surface area (Å²) in [6, 6.07) is 16.6. The molecule has 0 spiro atoms. The Morgan fingerprint density at radius 3 is 2.11 bits per heavy atom. The van der Waals surface area contributed by atoms with Crippen LogP contribution >= 0.6 is 11.6 Å². The van der Waals surface area contributed by atoms with Crippen LogP contribution in [0.15, 0.2) is 60.7 Å². The summed E-state index contributed by atoms with van der Waals surface area (Å²) < 4.78 is 43.1. The molecule has 186 valence electrons. The summed E-state index contributed by atoms with van der Waals surface area (Å²) in [4.78, 5) is 13.4. The first-order valence-electron chi connectivity index (χ1n) is 10.7. The first-order valence-corrected chi connectivity index (χ1v) is 12.9. The number of carbonyl (C=O) groups excluding carboxylic acids is 1. The molecule has 3 aromatic carbocycles. The molecule has 0 aliphatic heterocycles. The van der Waals surface area contributed by atoms with Crippen LogP contribution in [0.3, 0.4) is 0 Å². The molecule has 0 saturated heterocycles. The van der Waals surface area contributed by atoms with Gasteiger partial charge in [0.1, 0.15) is 5.75 Å². The molecule has 0 saturated carbocycles. The number of rotatable bonds is 10. The molecule has 3 aromatic rings. The monoisotopic (exact) mass is 518 g/mol. The first-order chi connectivity index (χ1) is 16.7. The zero-order valence-electron chi connectivity index (χ0n) is 19.9. The van der Waals surface area contributed by atoms with E-state index in [1.54, 1.807) is 48.5 Å². The Labute approximate surface area is 210 Å². The molecule has 0 aromatic heterocycles. The van der Waals surface area contributed by atoms with Gasteiger partial charge in [0.25, 0.3) is 5.91 Å². The van der Waals surface area contributed by atoms with Crippen molar-refractivity contribution >= 4 is 38.9 Å². The SMILES string of the molecule is CCOc1ccc(NC(=O)c2cc(OC)c(OC)cc2N(Cc2ccc(Cl)cc2)S(C)(=O)=O)cc1. The third-order valence-electron chi connectivity index (χ3n) is 5.08. The number of hydrogen-bond donors (Lipinski definition) is 1. The minimum Gasteiger partial charge on any atom is -0.494 e. The van der Waals surface area contributed by atoms with E-state index >= 15 is 0 Å². The van der Waals surface area contributed by atoms with E-state index in [-0.39, 0.29) is 29.3 Å². The van der Waals surface area contributed by atoms with Crippen LogP contribution in [0.5, 0.6) is 17.2 Å². The van der Waals surface area contributed by atoms with E-state index in [4.69, 9.17) is 25.8 Å². The third kappa shape index (κ3) is 6.58. The van der Waals surface area contributed by atoms with Gasteiger partial charge >= 0.3 is 0 Å². The summed E-state index contributed by atoms with van der Waals surface area (Å²) in [6.45, 7) is 2.39. The lowest BCUT2D eigenvalue weighted by Crippen LogP contribution is -2.31. The predicted octanol–water partition coefficient (Wildman–Crippen LogP) is 4.97. The molecule has 0 heterocycles. The van der Waals surface area contributed by atoms with Gasteiger partial charge in [0, 0.05) is 16.8 Å². The van der Waals surface area contributed by atoms with Crippen LogP contribution < -0.4 is 23.8 Å². The summed E-state index contributed by atoms with van der Waals surface area (Å²) in [5, 5.41) is 3.33. The molecule has 0 fully saturated rings. The van der Waals surface area contributed by atoms with Crippen LogP contribution in [0.25, 0.3) is 0 Å². The van der Waals surface area contributed by atoms with Crippen LogP contribution in [0.4, 0.5) is 11.4 Å². The Balaban J connectivity index is 2.07. The van der Waals surface area contributed by atoms with Gasteiger partial charge in [-0.05, 0) is 55.0 Å². The number of hydrogen-bond acceptors (Lipinski definition) is 6. The van der Waals surface area contributed by atoms with Crippen molar-refractivity contribution in [3.8, 4) is 17.2 Å². The van der Waals surface area contributed by atoms with Crippen LogP contribution in [-0.2, 0) is 16.6 Å². The van der Waals surface area contributed by atoms with Gasteiger partial charge in [-0.15, -0.1) is 0 Å². The van der Waals surface area contributed by atoms with E-state index in [9.17, 15) is 13.2 Å². The number of nitrogens with one attached hydrogen (secondary N) is 1. The Morgan fingerprint density at radius 1 is 0.971 bits per heavy atom. The Kier molecular flexibility index (Phi) is 8.48. The molecule has 0 atom stereocenters. The van der Waals surface area contributed by atoms with Crippen LogP contribution in [0.2, 0.25) is 5.02 Å². The lowest BCUT2D eigenvalue weighted by Gasteiger charge is -2.26. The molecule has 0 bridgehead atoms. The smallest absolute Gasteiger partial charge is 0.257 e. The van der Waals surface area contributed by atoms with Crippen LogP contribution in [-0.4, -0.2) is 41.4 Å². The minimum absolute atomic E-state index is 0.0190. The van der Waals surface area contributed by atoms with Crippen molar-refractivity contribution in [3.05, 3.63) is 76.8 Å². The number of anilines is 2. The number of carbonyl (C=O) groups is 1. The maximum absolute atomic E-state index is 13.4. The normalized spacial score (nSPS) is 11.0. The van der Waals surface area contributed by atoms with Gasteiger partial charge in [0.15, 0.2) is 11.5 Å². The second-order valence-corrected chi connectivity index (χ2v) is 9.88. The molecule has 35 heavy (non-hydrogen) atoms. The highest BCUT2D eigenvalue weighted by molar-refractivity contribution is 7.92. The summed E-state index contributed by atoms with van der Waals surface area (Å²) in [5.41, 5.74) is 1.44. The fourth-order valence-electron chi connectivity index (χ4n) is 3.39. The molecule has 8 nitrogen and oxygen atoms in total. The zero-order chi connectivity index (χ0) is 25.6. The average molecular weight is 519 g/mol. The van der Waals surface area contributed by atoms with Crippen LogP contribution in [0.1, 0.15) is 22.8 Å². The van der Waals surface area contributed by atoms with Gasteiger partial charge < -0.3 is 19.5 Å². The summed E-state index contributed by atoms with van der Waals surface area (Å²) in [7, 11) is -0.930. The predicted molar refractivity (Wildman–Crippen MR) is 138 cm³/mol. The second kappa shape index (κ2) is 11.3. The topological polar surface area (TPSA) is 94.2 Å². The molecule has 10 heteroatoms. The van der Waals surface area contributed by atoms with Gasteiger partial charge in [0.05, 0.1) is 44.9 Å². The number of benzene rings is 3. The average Bonchev–Trinajstić information content (AvgIpc) is 2.83. The zero-order valence-corrected chi connectivity index (χ0v) is 21.4. The first kappa shape index (κ1) is 26.2. The van der Waals surface area contributed by atoms with Crippen molar-refractivity contribution < 1.29 is 27.4 Å². The van der Waals surface area contributed by atoms with E-state index in [0.717, 1.165) is 10.6 Å². The lowest BCUT2D eigenvalue weighted by atomic mass is 10.1. The van der Waals surface area contributed by atoms with E-state index < -0.39 is 15.9 Å². The van der Waals surface area contributed by atoms with Gasteiger partial charge in [-0.25, -0.2) is 8.42 Å². The fourth-order valence-corrected chi connectivity index (χ4v) is 4.41. The van der Waals surface area contributed by atoms with Crippen molar-refractivity contribution in [2.45, 2.75) is 13.5 Å². The van der Waals surface area contributed by atoms with E-state index in [0.29, 0.717) is 28.6 Å². The number of methoxy groups -OCH3 is 2. The molecular formula is C25H27ClN2O6S. The number of halogens is 1. The highest BCUT2D eigenvalue weighted by atomic mass is 35.5. The largest absolute Gasteiger partial charge is 0.494 e. The molecule has 0 aliphatic rings. The Morgan fingerprint density at radius 2 is 1.57 bits per heavy atom. The molecule has 0 aliphatic carbocycles. The van der Waals surface area contributed by atoms with Crippen molar-refractivity contribution in [3.63, 3.8) is 0 Å². The minimum atomic E-state index is -3.80. The van der Waals surface area contributed by atoms with Crippen molar-refractivity contribution in [1.29, 1.82) is 0 Å². The van der Waals surface area contributed by atoms with Crippen molar-refractivity contribution in [2.24, 2.45) is 0 Å². The lowest BCUT2D eigenvalue weighted by molar-refractivity contribution is 0.102. The Bertz CT molecular complexity index is 1280. The summed E-state index contributed by atoms with van der Waals surface area (Å²) in [5.74, 6) is 0.719. The number of sulfonamides is 1. The fraction of sp³-hybridized carbons (Fsp3) is 0.240. The standard InChI is InChI=1S/C25H27ClN2O6S/c1-5-34-20-12-10-19(11-13-20)27-25(29)21-14-23(32-2)24(33-3)15-22(21)28(35(4,30)31)16-17-6-8-18(26)9-7-17/h6-15H,5,16H2,1-4H3,(H,27,29). The number of ether oxygens (including phenoxy) is 3. The van der Waals surface area contributed by atoms with Crippen LogP contribution in [0, 0.1) is 0 Å². The van der Waals surface area contributed by atoms with Crippen molar-refractivity contribution in [1.82, 2.24) is 0 Å². The molecule has 0 radical (unpaired) electrons. The molecule has 0 unspecified atom stereocenters. The van der Waals surface area contributed by atoms with E-state index in [1.807, 2.05) is 6.92 Å². The quantitative estimate of drug-likeness (QED) is 0.407. The maximum Gasteiger partial charge on any atom is 0.257 e. The molecule has 1 amide bonds. The number of amides is 1. The van der Waals surface area contributed by atoms with Gasteiger partial charge in [-0.3, -0.25) is 9.10 Å². The van der Waals surface area contributed by atoms with Gasteiger partial charge in [-0.1, -0.05) is 23.7 Å². The van der Waals surface area contributed by atoms with E-state index in [1.165, 1.54) is 26.4 Å². The third-order valence-corrected chi connectivity index (χ3v) is 6.46. The second-order valence-electron chi connectivity index (χ2n) is 7.53. The number of nitrogens with zero attached hydrogens (tertiary/aromatic N) is 1. The highest BCUT2D eigenvalue weighted by Gasteiger charge is 2.26. The summed E-state index contributed by atoms with van der Waals surface area (Å²) >= 11 is 5.98. The van der Waals surface area contributed by atoms with Crippen molar-refractivity contribution in [2.75, 3.05) is 36.7 Å². The Hall–Kier alpha value is -3.43. The molecular weight excluding hydrogens is 492 g/mol. The molecule has 1 N–H and O–H groups in total. The maximum atomic E-state index is 13.4. The summed E-state index contributed by atoms with van der Waals surface area (Å²) in [6.07, 6.45) is 1.08.